The van der Waals surface area contributed by atoms with Gasteiger partial charge in [0.25, 0.3) is 0 Å². The summed E-state index contributed by atoms with van der Waals surface area (Å²) in [5.74, 6) is -1.19. The van der Waals surface area contributed by atoms with E-state index in [1.54, 1.807) is 34.1 Å². The fourth-order valence-corrected chi connectivity index (χ4v) is 9.88. The fraction of sp³-hybridized carbons (Fsp3) is 0.607. The molecule has 2 aliphatic heterocycles. The Morgan fingerprint density at radius 2 is 1.27 bits per heavy atom. The third-order valence-electron chi connectivity index (χ3n) is 14.5. The molecule has 3 heterocycles. The average Bonchev–Trinajstić information content (AvgIpc) is 4.20. The second-order valence-electron chi connectivity index (χ2n) is 22.2. The van der Waals surface area contributed by atoms with Crippen molar-refractivity contribution < 1.29 is 28.8 Å². The fourth-order valence-electron chi connectivity index (χ4n) is 9.88. The summed E-state index contributed by atoms with van der Waals surface area (Å²) in [4.78, 5) is 81.6. The van der Waals surface area contributed by atoms with Crippen LogP contribution in [0.15, 0.2) is 54.7 Å². The summed E-state index contributed by atoms with van der Waals surface area (Å²) < 4.78 is 0. The predicted molar refractivity (Wildman–Crippen MR) is 287 cm³/mol. The molecule has 2 saturated heterocycles. The number of aromatic amines is 1. The Morgan fingerprint density at radius 3 is 1.78 bits per heavy atom. The Bertz CT molecular complexity index is 2380. The van der Waals surface area contributed by atoms with Gasteiger partial charge in [0.05, 0.1) is 36.1 Å². The molecule has 0 saturated carbocycles. The maximum absolute atomic E-state index is 14.1. The standard InChI is InChI=1S/C30H44N8O4.C14H27N3O2.C12H13N/c1-18(31-5)27(40)35-26(30(2,3)4)29(42)38-17-21(33-25(39)14-13-20-16-32-37-36-20)15-24(38)28(41)34-23-12-8-10-19-9-6-7-11-22(19)23;1-10(15-5)12(18)16-11(14(2,3)4)13(19)17-8-6-7-9-17;1-2-13-12-9-5-7-10-6-3-4-8-11(10)12/h6-7,9,11,16,18,21,23-24,26,31H,8,10,12-15,17H2,1-5H3,(H,33,39)(H,34,41)(H,35,40)(H,32,36,37);10-11,15H,6-9H2,1-5H3,(H,16,18);1,3-4,6,8,12-13H,5,7,9H2/t18-,21-,23+,24-,26+;10-,11?;12-/m001/s1. The van der Waals surface area contributed by atoms with E-state index in [4.69, 9.17) is 6.42 Å². The molecule has 0 bridgehead atoms. The van der Waals surface area contributed by atoms with Crippen molar-refractivity contribution in [2.24, 2.45) is 10.8 Å². The van der Waals surface area contributed by atoms with Gasteiger partial charge in [-0.05, 0) is 119 Å². The molecule has 1 aromatic heterocycles. The summed E-state index contributed by atoms with van der Waals surface area (Å²) in [6.45, 7) is 16.9. The number of benzene rings is 2. The number of hydrogen-bond acceptors (Lipinski definition) is 11. The van der Waals surface area contributed by atoms with Crippen molar-refractivity contribution >= 4 is 35.4 Å². The first-order valence-electron chi connectivity index (χ1n) is 26.5. The van der Waals surface area contributed by atoms with Crippen LogP contribution in [0, 0.1) is 23.3 Å². The molecule has 3 aromatic rings. The number of terminal acetylenes is 1. The highest BCUT2D eigenvalue weighted by Crippen LogP contribution is 2.32. The molecule has 18 nitrogen and oxygen atoms in total. The highest BCUT2D eigenvalue weighted by atomic mass is 16.2. The molecule has 7 rings (SSSR count). The zero-order chi connectivity index (χ0) is 54.2. The van der Waals surface area contributed by atoms with E-state index in [9.17, 15) is 28.8 Å². The van der Waals surface area contributed by atoms with Gasteiger partial charge in [0.15, 0.2) is 0 Å². The third kappa shape index (κ3) is 16.3. The van der Waals surface area contributed by atoms with E-state index in [0.29, 0.717) is 18.2 Å². The highest BCUT2D eigenvalue weighted by molar-refractivity contribution is 5.94. The second-order valence-corrected chi connectivity index (χ2v) is 22.2. The minimum absolute atomic E-state index is 0.0432. The van der Waals surface area contributed by atoms with Gasteiger partial charge in [-0.15, -0.1) is 0 Å². The number of carbonyl (C=O) groups excluding carboxylic acids is 6. The molecule has 1 unspecified atom stereocenters. The van der Waals surface area contributed by atoms with Gasteiger partial charge in [0.1, 0.15) is 18.1 Å². The van der Waals surface area contributed by atoms with E-state index < -0.39 is 35.6 Å². The normalized spacial score (nSPS) is 20.7. The molecule has 8 N–H and O–H groups in total. The number of nitrogens with zero attached hydrogens (tertiary/aromatic N) is 4. The number of amides is 6. The highest BCUT2D eigenvalue weighted by Gasteiger charge is 2.46. The Hall–Kier alpha value is -6.32. The molecule has 74 heavy (non-hydrogen) atoms. The van der Waals surface area contributed by atoms with E-state index in [0.717, 1.165) is 57.2 Å². The number of carbonyl (C=O) groups is 6. The Morgan fingerprint density at radius 1 is 0.743 bits per heavy atom. The van der Waals surface area contributed by atoms with E-state index >= 15 is 0 Å². The van der Waals surface area contributed by atoms with E-state index in [1.807, 2.05) is 64.6 Å². The van der Waals surface area contributed by atoms with Crippen LogP contribution in [0.3, 0.4) is 0 Å². The minimum Gasteiger partial charge on any atom is -0.351 e. The molecular weight excluding hydrogens is 937 g/mol. The maximum atomic E-state index is 14.1. The monoisotopic (exact) mass is 1020 g/mol. The molecule has 2 fully saturated rings. The second kappa shape index (κ2) is 27.3. The van der Waals surface area contributed by atoms with E-state index in [1.165, 1.54) is 34.4 Å². The van der Waals surface area contributed by atoms with Gasteiger partial charge in [-0.2, -0.15) is 15.4 Å². The molecule has 0 spiro atoms. The summed E-state index contributed by atoms with van der Waals surface area (Å²) in [6.07, 6.45) is 16.2. The number of rotatable bonds is 15. The Labute approximate surface area is 439 Å². The summed E-state index contributed by atoms with van der Waals surface area (Å²) in [5.41, 5.74) is 4.92. The van der Waals surface area contributed by atoms with Crippen LogP contribution < -0.4 is 37.2 Å². The van der Waals surface area contributed by atoms with Crippen molar-refractivity contribution in [2.45, 2.75) is 174 Å². The number of aryl methyl sites for hydroxylation is 3. The van der Waals surface area contributed by atoms with Crippen molar-refractivity contribution in [1.29, 1.82) is 0 Å². The number of likely N-dealkylation sites (N-methyl/N-ethyl adjacent to an activating group) is 2. The zero-order valence-corrected chi connectivity index (χ0v) is 45.5. The summed E-state index contributed by atoms with van der Waals surface area (Å²) in [5, 5.41) is 31.2. The lowest BCUT2D eigenvalue weighted by Gasteiger charge is -2.36. The van der Waals surface area contributed by atoms with E-state index in [-0.39, 0.29) is 72.3 Å². The largest absolute Gasteiger partial charge is 0.351 e. The minimum atomic E-state index is -0.867. The molecule has 4 aliphatic rings. The number of fused-ring (bicyclic) bond motifs is 2. The van der Waals surface area contributed by atoms with Crippen LogP contribution in [0.5, 0.6) is 0 Å². The van der Waals surface area contributed by atoms with Gasteiger partial charge in [0.2, 0.25) is 35.4 Å². The number of aromatic nitrogens is 3. The topological polar surface area (TPSA) is 235 Å². The molecule has 8 atom stereocenters. The number of hydrogen-bond donors (Lipinski definition) is 8. The molecule has 2 aromatic carbocycles. The lowest BCUT2D eigenvalue weighted by atomic mass is 9.85. The summed E-state index contributed by atoms with van der Waals surface area (Å²) >= 11 is 0. The van der Waals surface area contributed by atoms with Gasteiger partial charge in [0, 0.05) is 44.6 Å². The van der Waals surface area contributed by atoms with Crippen LogP contribution in [-0.2, 0) is 48.0 Å². The van der Waals surface area contributed by atoms with Crippen LogP contribution in [0.2, 0.25) is 0 Å². The summed E-state index contributed by atoms with van der Waals surface area (Å²) in [6, 6.07) is 16.1. The van der Waals surface area contributed by atoms with Crippen LogP contribution in [-0.4, -0.2) is 131 Å². The van der Waals surface area contributed by atoms with Crippen molar-refractivity contribution in [3.63, 3.8) is 0 Å². The quantitative estimate of drug-likeness (QED) is 0.0796. The van der Waals surface area contributed by atoms with Gasteiger partial charge in [-0.25, -0.2) is 0 Å². The van der Waals surface area contributed by atoms with Gasteiger partial charge >= 0.3 is 0 Å². The van der Waals surface area contributed by atoms with Crippen molar-refractivity contribution in [1.82, 2.24) is 62.4 Å². The molecular formula is C56H84N12O6. The average molecular weight is 1020 g/mol. The lowest BCUT2D eigenvalue weighted by Crippen LogP contribution is -2.59. The maximum Gasteiger partial charge on any atom is 0.246 e. The van der Waals surface area contributed by atoms with Crippen molar-refractivity contribution in [2.75, 3.05) is 33.7 Å². The van der Waals surface area contributed by atoms with Crippen LogP contribution in [0.25, 0.3) is 0 Å². The van der Waals surface area contributed by atoms with E-state index in [2.05, 4.69) is 89.0 Å². The zero-order valence-electron chi connectivity index (χ0n) is 45.5. The van der Waals surface area contributed by atoms with Gasteiger partial charge in [-0.1, -0.05) is 96.5 Å². The smallest absolute Gasteiger partial charge is 0.246 e. The van der Waals surface area contributed by atoms with Crippen LogP contribution in [0.4, 0.5) is 0 Å². The number of nitrogens with one attached hydrogen (secondary N) is 8. The molecule has 2 aliphatic carbocycles. The first kappa shape index (κ1) is 58.6. The van der Waals surface area contributed by atoms with Gasteiger partial charge in [-0.3, -0.25) is 28.8 Å². The van der Waals surface area contributed by atoms with Gasteiger partial charge < -0.3 is 47.0 Å². The van der Waals surface area contributed by atoms with Crippen LogP contribution >= 0.6 is 0 Å². The number of likely N-dealkylation sites (tertiary alicyclic amines) is 2. The lowest BCUT2D eigenvalue weighted by molar-refractivity contribution is -0.144. The third-order valence-corrected chi connectivity index (χ3v) is 14.5. The predicted octanol–water partition coefficient (Wildman–Crippen LogP) is 4.15. The first-order chi connectivity index (χ1) is 35.2. The Balaban J connectivity index is 0.000000258. The number of H-pyrrole nitrogens is 1. The first-order valence-corrected chi connectivity index (χ1v) is 26.5. The van der Waals surface area contributed by atoms with Crippen molar-refractivity contribution in [3.8, 4) is 12.5 Å². The molecule has 404 valence electrons. The molecule has 0 radical (unpaired) electrons. The molecule has 18 heteroatoms. The molecule has 6 amide bonds. The summed E-state index contributed by atoms with van der Waals surface area (Å²) in [7, 11) is 3.41. The van der Waals surface area contributed by atoms with Crippen molar-refractivity contribution in [3.05, 3.63) is 82.7 Å². The SMILES string of the molecule is C#CN[C@@H]1CCCc2ccccc21.CN[C@@H](C)C(=O)NC(C(=O)N1CCCC1)C(C)(C)C.CN[C@@H](C)C(=O)N[C@H](C(=O)N1C[C@@H](NC(=O)CCc2cn[nH]n2)C[C@H]1C(=O)N[C@@H]1CCCc2ccccc21)C(C)(C)C. The van der Waals surface area contributed by atoms with Crippen LogP contribution in [0.1, 0.15) is 147 Å². The Kier molecular flexibility index (Phi) is 21.6.